The summed E-state index contributed by atoms with van der Waals surface area (Å²) in [6.07, 6.45) is 5.53. The summed E-state index contributed by atoms with van der Waals surface area (Å²) >= 11 is 4.51. The number of pyridine rings is 1. The monoisotopic (exact) mass is 387 g/mol. The highest BCUT2D eigenvalue weighted by Crippen LogP contribution is 2.27. The van der Waals surface area contributed by atoms with Crippen LogP contribution in [0, 0.1) is 0 Å². The van der Waals surface area contributed by atoms with Crippen LogP contribution in [-0.4, -0.2) is 19.4 Å². The number of hydrogen-bond donors (Lipinski definition) is 2. The molecule has 2 N–H and O–H groups in total. The van der Waals surface area contributed by atoms with E-state index in [2.05, 4.69) is 31.0 Å². The minimum Gasteiger partial charge on any atom is -0.310 e. The van der Waals surface area contributed by atoms with Gasteiger partial charge in [0.2, 0.25) is 0 Å². The van der Waals surface area contributed by atoms with Gasteiger partial charge in [0.15, 0.2) is 0 Å². The highest BCUT2D eigenvalue weighted by molar-refractivity contribution is 9.10. The minimum absolute atomic E-state index is 0.318. The van der Waals surface area contributed by atoms with Gasteiger partial charge in [0.05, 0.1) is 10.2 Å². The first-order valence-corrected chi connectivity index (χ1v) is 9.63. The SMILES string of the molecule is O=S(=O)(Nc1ccncc1Br)c1cc(CNC2CC2)cs1. The highest BCUT2D eigenvalue weighted by atomic mass is 79.9. The van der Waals surface area contributed by atoms with Crippen LogP contribution >= 0.6 is 27.3 Å². The molecular formula is C13H14BrN3O2S2. The Hall–Kier alpha value is -0.960. The topological polar surface area (TPSA) is 71.1 Å². The Labute approximate surface area is 136 Å². The molecule has 112 valence electrons. The van der Waals surface area contributed by atoms with E-state index >= 15 is 0 Å². The molecule has 0 spiro atoms. The molecule has 1 aliphatic rings. The van der Waals surface area contributed by atoms with Crippen LogP contribution in [0.25, 0.3) is 0 Å². The lowest BCUT2D eigenvalue weighted by atomic mass is 10.3. The van der Waals surface area contributed by atoms with E-state index in [0.717, 1.165) is 12.1 Å². The summed E-state index contributed by atoms with van der Waals surface area (Å²) < 4.78 is 28.2. The van der Waals surface area contributed by atoms with E-state index in [-0.39, 0.29) is 0 Å². The molecule has 2 aromatic heterocycles. The summed E-state index contributed by atoms with van der Waals surface area (Å²) in [5.41, 5.74) is 1.48. The van der Waals surface area contributed by atoms with Crippen molar-refractivity contribution in [3.8, 4) is 0 Å². The molecule has 0 radical (unpaired) electrons. The molecule has 5 nitrogen and oxygen atoms in total. The summed E-state index contributed by atoms with van der Waals surface area (Å²) in [6.45, 7) is 0.718. The molecule has 0 aliphatic heterocycles. The van der Waals surface area contributed by atoms with Gasteiger partial charge in [-0.3, -0.25) is 9.71 Å². The maximum Gasteiger partial charge on any atom is 0.271 e. The van der Waals surface area contributed by atoms with Crippen molar-refractivity contribution in [2.24, 2.45) is 0 Å². The van der Waals surface area contributed by atoms with Gasteiger partial charge in [-0.2, -0.15) is 0 Å². The zero-order chi connectivity index (χ0) is 14.9. The molecule has 2 aromatic rings. The smallest absolute Gasteiger partial charge is 0.271 e. The number of nitrogens with one attached hydrogen (secondary N) is 2. The van der Waals surface area contributed by atoms with Crippen LogP contribution < -0.4 is 10.0 Å². The van der Waals surface area contributed by atoms with Crippen molar-refractivity contribution in [2.75, 3.05) is 4.72 Å². The van der Waals surface area contributed by atoms with Crippen LogP contribution in [0.1, 0.15) is 18.4 Å². The van der Waals surface area contributed by atoms with Gasteiger partial charge in [0.25, 0.3) is 10.0 Å². The third kappa shape index (κ3) is 3.82. The van der Waals surface area contributed by atoms with E-state index in [4.69, 9.17) is 0 Å². The Morgan fingerprint density at radius 1 is 1.43 bits per heavy atom. The Morgan fingerprint density at radius 2 is 2.24 bits per heavy atom. The molecule has 2 heterocycles. The maximum atomic E-state index is 12.4. The van der Waals surface area contributed by atoms with Crippen molar-refractivity contribution in [3.05, 3.63) is 39.9 Å². The molecule has 0 amide bonds. The van der Waals surface area contributed by atoms with Crippen LogP contribution in [0.2, 0.25) is 0 Å². The predicted molar refractivity (Wildman–Crippen MR) is 86.9 cm³/mol. The van der Waals surface area contributed by atoms with Crippen molar-refractivity contribution < 1.29 is 8.42 Å². The molecular weight excluding hydrogens is 374 g/mol. The van der Waals surface area contributed by atoms with E-state index in [1.165, 1.54) is 24.2 Å². The molecule has 0 saturated heterocycles. The number of anilines is 1. The number of thiophene rings is 1. The van der Waals surface area contributed by atoms with Crippen LogP contribution in [-0.2, 0) is 16.6 Å². The summed E-state index contributed by atoms with van der Waals surface area (Å²) in [5, 5.41) is 5.25. The fourth-order valence-corrected chi connectivity index (χ4v) is 4.56. The molecule has 0 atom stereocenters. The second-order valence-electron chi connectivity index (χ2n) is 4.89. The fourth-order valence-electron chi connectivity index (χ4n) is 1.79. The molecule has 1 aliphatic carbocycles. The first kappa shape index (κ1) is 15.0. The van der Waals surface area contributed by atoms with E-state index in [0.29, 0.717) is 20.4 Å². The fraction of sp³-hybridized carbons (Fsp3) is 0.308. The molecule has 3 rings (SSSR count). The van der Waals surface area contributed by atoms with Gasteiger partial charge >= 0.3 is 0 Å². The molecule has 0 unspecified atom stereocenters. The van der Waals surface area contributed by atoms with Crippen molar-refractivity contribution in [2.45, 2.75) is 29.6 Å². The van der Waals surface area contributed by atoms with Crippen LogP contribution in [0.4, 0.5) is 5.69 Å². The zero-order valence-corrected chi connectivity index (χ0v) is 14.3. The van der Waals surface area contributed by atoms with Crippen LogP contribution in [0.3, 0.4) is 0 Å². The summed E-state index contributed by atoms with van der Waals surface area (Å²) in [4.78, 5) is 3.91. The molecule has 0 aromatic carbocycles. The lowest BCUT2D eigenvalue weighted by molar-refractivity contribution is 0.603. The standard InChI is InChI=1S/C13H14BrN3O2S2/c14-11-7-15-4-3-12(11)17-21(18,19)13-5-9(8-20-13)6-16-10-1-2-10/h3-5,7-8,10,16H,1-2,6H2,(H,15,17). The number of aromatic nitrogens is 1. The Bertz CT molecular complexity index is 741. The summed E-state index contributed by atoms with van der Waals surface area (Å²) in [6, 6.07) is 3.94. The van der Waals surface area contributed by atoms with Crippen molar-refractivity contribution in [1.29, 1.82) is 0 Å². The highest BCUT2D eigenvalue weighted by Gasteiger charge is 2.21. The predicted octanol–water partition coefficient (Wildman–Crippen LogP) is 2.96. The zero-order valence-electron chi connectivity index (χ0n) is 11.0. The van der Waals surface area contributed by atoms with Gasteiger partial charge in [0, 0.05) is 25.0 Å². The normalized spacial score (nSPS) is 15.1. The number of sulfonamides is 1. The Kier molecular flexibility index (Phi) is 4.30. The van der Waals surface area contributed by atoms with Gasteiger partial charge in [-0.25, -0.2) is 8.42 Å². The number of nitrogens with zero attached hydrogens (tertiary/aromatic N) is 1. The lowest BCUT2D eigenvalue weighted by Gasteiger charge is -2.07. The van der Waals surface area contributed by atoms with Crippen molar-refractivity contribution >= 4 is 43.0 Å². The first-order chi connectivity index (χ1) is 10.0. The van der Waals surface area contributed by atoms with Gasteiger partial charge in [0.1, 0.15) is 4.21 Å². The van der Waals surface area contributed by atoms with Crippen LogP contribution in [0.15, 0.2) is 38.6 Å². The van der Waals surface area contributed by atoms with E-state index in [1.54, 1.807) is 24.5 Å². The third-order valence-electron chi connectivity index (χ3n) is 3.08. The second-order valence-corrected chi connectivity index (χ2v) is 8.56. The van der Waals surface area contributed by atoms with Crippen LogP contribution in [0.5, 0.6) is 0 Å². The Morgan fingerprint density at radius 3 is 2.95 bits per heavy atom. The molecule has 8 heteroatoms. The average Bonchev–Trinajstić information content (AvgIpc) is 3.15. The third-order valence-corrected chi connectivity index (χ3v) is 6.57. The number of rotatable bonds is 6. The molecule has 21 heavy (non-hydrogen) atoms. The van der Waals surface area contributed by atoms with Crippen molar-refractivity contribution in [1.82, 2.24) is 10.3 Å². The molecule has 1 fully saturated rings. The number of halogens is 1. The summed E-state index contributed by atoms with van der Waals surface area (Å²) in [5.74, 6) is 0. The Balaban J connectivity index is 1.73. The first-order valence-electron chi connectivity index (χ1n) is 6.48. The molecule has 0 bridgehead atoms. The largest absolute Gasteiger partial charge is 0.310 e. The van der Waals surface area contributed by atoms with E-state index in [9.17, 15) is 8.42 Å². The van der Waals surface area contributed by atoms with E-state index in [1.807, 2.05) is 5.38 Å². The van der Waals surface area contributed by atoms with Gasteiger partial charge < -0.3 is 5.32 Å². The van der Waals surface area contributed by atoms with Crippen molar-refractivity contribution in [3.63, 3.8) is 0 Å². The number of hydrogen-bond acceptors (Lipinski definition) is 5. The molecule has 1 saturated carbocycles. The van der Waals surface area contributed by atoms with Gasteiger partial charge in [-0.15, -0.1) is 11.3 Å². The lowest BCUT2D eigenvalue weighted by Crippen LogP contribution is -2.15. The maximum absolute atomic E-state index is 12.4. The van der Waals surface area contributed by atoms with Gasteiger partial charge in [-0.05, 0) is 51.8 Å². The average molecular weight is 388 g/mol. The second kappa shape index (κ2) is 6.04. The summed E-state index contributed by atoms with van der Waals surface area (Å²) in [7, 11) is -3.55. The minimum atomic E-state index is -3.55. The quantitative estimate of drug-likeness (QED) is 0.798. The van der Waals surface area contributed by atoms with E-state index < -0.39 is 10.0 Å². The van der Waals surface area contributed by atoms with Gasteiger partial charge in [-0.1, -0.05) is 0 Å².